The van der Waals surface area contributed by atoms with Gasteiger partial charge in [-0.3, -0.25) is 4.68 Å². The maximum atomic E-state index is 13.3. The molecule has 0 amide bonds. The molecule has 1 aromatic carbocycles. The Balaban J connectivity index is 2.75. The quantitative estimate of drug-likeness (QED) is 0.714. The SMILES string of the molecule is Cn1cc2c(F)cc(CN)cc2n1. The van der Waals surface area contributed by atoms with Crippen molar-refractivity contribution in [2.24, 2.45) is 12.8 Å². The second-order valence-electron chi connectivity index (χ2n) is 3.02. The number of aromatic nitrogens is 2. The van der Waals surface area contributed by atoms with Gasteiger partial charge in [0.05, 0.1) is 10.9 Å². The monoisotopic (exact) mass is 179 g/mol. The molecule has 0 atom stereocenters. The van der Waals surface area contributed by atoms with E-state index >= 15 is 0 Å². The summed E-state index contributed by atoms with van der Waals surface area (Å²) in [7, 11) is 1.77. The molecule has 2 rings (SSSR count). The highest BCUT2D eigenvalue weighted by Gasteiger charge is 2.05. The molecule has 2 aromatic rings. The molecule has 2 N–H and O–H groups in total. The van der Waals surface area contributed by atoms with Crippen molar-refractivity contribution in [3.8, 4) is 0 Å². The molecule has 0 radical (unpaired) electrons. The molecule has 0 aliphatic heterocycles. The number of fused-ring (bicyclic) bond motifs is 1. The molecule has 68 valence electrons. The van der Waals surface area contributed by atoms with E-state index in [4.69, 9.17) is 5.73 Å². The highest BCUT2D eigenvalue weighted by molar-refractivity contribution is 5.79. The molecule has 0 spiro atoms. The summed E-state index contributed by atoms with van der Waals surface area (Å²) < 4.78 is 14.9. The van der Waals surface area contributed by atoms with Crippen LogP contribution in [0.2, 0.25) is 0 Å². The zero-order chi connectivity index (χ0) is 9.42. The third-order valence-corrected chi connectivity index (χ3v) is 1.98. The van der Waals surface area contributed by atoms with Crippen LogP contribution in [0.1, 0.15) is 5.56 Å². The van der Waals surface area contributed by atoms with Crippen LogP contribution in [0.3, 0.4) is 0 Å². The van der Waals surface area contributed by atoms with Crippen LogP contribution < -0.4 is 5.73 Å². The fourth-order valence-electron chi connectivity index (χ4n) is 1.37. The lowest BCUT2D eigenvalue weighted by Crippen LogP contribution is -1.96. The maximum absolute atomic E-state index is 13.3. The smallest absolute Gasteiger partial charge is 0.134 e. The summed E-state index contributed by atoms with van der Waals surface area (Å²) in [5, 5.41) is 4.65. The summed E-state index contributed by atoms with van der Waals surface area (Å²) in [5.74, 6) is -0.258. The van der Waals surface area contributed by atoms with Crippen LogP contribution in [0.15, 0.2) is 18.3 Å². The fraction of sp³-hybridized carbons (Fsp3) is 0.222. The molecule has 1 heterocycles. The number of rotatable bonds is 1. The largest absolute Gasteiger partial charge is 0.326 e. The van der Waals surface area contributed by atoms with E-state index in [2.05, 4.69) is 5.10 Å². The lowest BCUT2D eigenvalue weighted by Gasteiger charge is -1.96. The first-order valence-corrected chi connectivity index (χ1v) is 4.02. The third-order valence-electron chi connectivity index (χ3n) is 1.98. The average Bonchev–Trinajstić information content (AvgIpc) is 2.46. The Labute approximate surface area is 75.0 Å². The van der Waals surface area contributed by atoms with Crippen molar-refractivity contribution in [2.45, 2.75) is 6.54 Å². The van der Waals surface area contributed by atoms with E-state index in [1.807, 2.05) is 0 Å². The van der Waals surface area contributed by atoms with E-state index < -0.39 is 0 Å². The Kier molecular flexibility index (Phi) is 1.77. The van der Waals surface area contributed by atoms with Gasteiger partial charge in [-0.15, -0.1) is 0 Å². The van der Waals surface area contributed by atoms with E-state index in [-0.39, 0.29) is 5.82 Å². The highest BCUT2D eigenvalue weighted by Crippen LogP contribution is 2.17. The molecule has 0 aliphatic rings. The fourth-order valence-corrected chi connectivity index (χ4v) is 1.37. The van der Waals surface area contributed by atoms with Gasteiger partial charge in [-0.1, -0.05) is 0 Å². The molecule has 1 aromatic heterocycles. The minimum atomic E-state index is -0.258. The number of halogens is 1. The molecular weight excluding hydrogens is 169 g/mol. The van der Waals surface area contributed by atoms with E-state index in [9.17, 15) is 4.39 Å². The Morgan fingerprint density at radius 2 is 2.31 bits per heavy atom. The van der Waals surface area contributed by atoms with Gasteiger partial charge in [0, 0.05) is 19.8 Å². The zero-order valence-corrected chi connectivity index (χ0v) is 7.29. The predicted molar refractivity (Wildman–Crippen MR) is 48.6 cm³/mol. The summed E-state index contributed by atoms with van der Waals surface area (Å²) in [5.41, 5.74) is 6.84. The molecule has 0 fully saturated rings. The van der Waals surface area contributed by atoms with E-state index in [1.54, 1.807) is 24.0 Å². The summed E-state index contributed by atoms with van der Waals surface area (Å²) in [6.45, 7) is 0.337. The molecular formula is C9H10FN3. The molecule has 0 saturated heterocycles. The first-order chi connectivity index (χ1) is 6.20. The minimum Gasteiger partial charge on any atom is -0.326 e. The Morgan fingerprint density at radius 1 is 1.54 bits per heavy atom. The first kappa shape index (κ1) is 8.19. The van der Waals surface area contributed by atoms with Crippen LogP contribution in [0, 0.1) is 5.82 Å². The average molecular weight is 179 g/mol. The van der Waals surface area contributed by atoms with Crippen LogP contribution >= 0.6 is 0 Å². The normalized spacial score (nSPS) is 11.0. The third kappa shape index (κ3) is 1.29. The molecule has 0 unspecified atom stereocenters. The van der Waals surface area contributed by atoms with Gasteiger partial charge in [0.15, 0.2) is 0 Å². The molecule has 0 saturated carbocycles. The molecule has 4 heteroatoms. The topological polar surface area (TPSA) is 43.8 Å². The highest BCUT2D eigenvalue weighted by atomic mass is 19.1. The standard InChI is InChI=1S/C9H10FN3/c1-13-5-7-8(10)2-6(4-11)3-9(7)12-13/h2-3,5H,4,11H2,1H3. The number of aryl methyl sites for hydroxylation is 1. The van der Waals surface area contributed by atoms with Crippen molar-refractivity contribution in [2.75, 3.05) is 0 Å². The predicted octanol–water partition coefficient (Wildman–Crippen LogP) is 1.17. The number of benzene rings is 1. The second-order valence-corrected chi connectivity index (χ2v) is 3.02. The molecule has 0 bridgehead atoms. The van der Waals surface area contributed by atoms with Crippen LogP contribution in [0.25, 0.3) is 10.9 Å². The van der Waals surface area contributed by atoms with Crippen LogP contribution in [-0.2, 0) is 13.6 Å². The zero-order valence-electron chi connectivity index (χ0n) is 7.29. The van der Waals surface area contributed by atoms with Gasteiger partial charge in [0.25, 0.3) is 0 Å². The minimum absolute atomic E-state index is 0.258. The summed E-state index contributed by atoms with van der Waals surface area (Å²) >= 11 is 0. The molecule has 13 heavy (non-hydrogen) atoms. The van der Waals surface area contributed by atoms with Gasteiger partial charge >= 0.3 is 0 Å². The Bertz CT molecular complexity index is 447. The lowest BCUT2D eigenvalue weighted by atomic mass is 10.1. The Hall–Kier alpha value is -1.42. The van der Waals surface area contributed by atoms with Crippen molar-refractivity contribution in [1.82, 2.24) is 9.78 Å². The van der Waals surface area contributed by atoms with Gasteiger partial charge in [0.2, 0.25) is 0 Å². The van der Waals surface area contributed by atoms with Crippen molar-refractivity contribution in [3.63, 3.8) is 0 Å². The first-order valence-electron chi connectivity index (χ1n) is 4.02. The van der Waals surface area contributed by atoms with Crippen molar-refractivity contribution >= 4 is 10.9 Å². The maximum Gasteiger partial charge on any atom is 0.134 e. The molecule has 0 aliphatic carbocycles. The lowest BCUT2D eigenvalue weighted by molar-refractivity contribution is 0.637. The van der Waals surface area contributed by atoms with Crippen molar-refractivity contribution in [1.29, 1.82) is 0 Å². The van der Waals surface area contributed by atoms with E-state index in [0.717, 1.165) is 5.56 Å². The van der Waals surface area contributed by atoms with Crippen LogP contribution in [0.4, 0.5) is 4.39 Å². The number of nitrogens with two attached hydrogens (primary N) is 1. The number of hydrogen-bond acceptors (Lipinski definition) is 2. The van der Waals surface area contributed by atoms with Gasteiger partial charge in [-0.25, -0.2) is 4.39 Å². The second kappa shape index (κ2) is 2.81. The number of nitrogens with zero attached hydrogens (tertiary/aromatic N) is 2. The van der Waals surface area contributed by atoms with E-state index in [1.165, 1.54) is 6.07 Å². The molecule has 3 nitrogen and oxygen atoms in total. The van der Waals surface area contributed by atoms with E-state index in [0.29, 0.717) is 17.4 Å². The Morgan fingerprint density at radius 3 is 3.00 bits per heavy atom. The number of hydrogen-bond donors (Lipinski definition) is 1. The van der Waals surface area contributed by atoms with Gasteiger partial charge in [-0.2, -0.15) is 5.10 Å². The van der Waals surface area contributed by atoms with Gasteiger partial charge in [-0.05, 0) is 17.7 Å². The van der Waals surface area contributed by atoms with Crippen LogP contribution in [0.5, 0.6) is 0 Å². The van der Waals surface area contributed by atoms with Crippen molar-refractivity contribution in [3.05, 3.63) is 29.7 Å². The van der Waals surface area contributed by atoms with Gasteiger partial charge < -0.3 is 5.73 Å². The van der Waals surface area contributed by atoms with Crippen LogP contribution in [-0.4, -0.2) is 9.78 Å². The summed E-state index contributed by atoms with van der Waals surface area (Å²) in [4.78, 5) is 0. The summed E-state index contributed by atoms with van der Waals surface area (Å²) in [6, 6.07) is 3.25. The summed E-state index contributed by atoms with van der Waals surface area (Å²) in [6.07, 6.45) is 1.66. The van der Waals surface area contributed by atoms with Crippen molar-refractivity contribution < 1.29 is 4.39 Å². The van der Waals surface area contributed by atoms with Gasteiger partial charge in [0.1, 0.15) is 5.82 Å².